The Morgan fingerprint density at radius 3 is 2.62 bits per heavy atom. The van der Waals surface area contributed by atoms with Crippen LogP contribution in [0.1, 0.15) is 53.6 Å². The van der Waals surface area contributed by atoms with Gasteiger partial charge in [-0.1, -0.05) is 25.1 Å². The first-order valence-electron chi connectivity index (χ1n) is 11.2. The lowest BCUT2D eigenvalue weighted by Gasteiger charge is -2.26. The van der Waals surface area contributed by atoms with Crippen molar-refractivity contribution in [3.05, 3.63) is 75.1 Å². The Morgan fingerprint density at radius 2 is 1.91 bits per heavy atom. The van der Waals surface area contributed by atoms with Crippen molar-refractivity contribution in [2.24, 2.45) is 0 Å². The van der Waals surface area contributed by atoms with Gasteiger partial charge < -0.3 is 19.0 Å². The van der Waals surface area contributed by atoms with E-state index in [2.05, 4.69) is 4.90 Å². The molecule has 6 nitrogen and oxygen atoms in total. The van der Waals surface area contributed by atoms with Gasteiger partial charge in [0.15, 0.2) is 5.43 Å². The van der Waals surface area contributed by atoms with Crippen molar-refractivity contribution in [3.8, 4) is 5.75 Å². The summed E-state index contributed by atoms with van der Waals surface area (Å²) >= 11 is 0. The molecule has 4 rings (SSSR count). The zero-order chi connectivity index (χ0) is 22.8. The van der Waals surface area contributed by atoms with E-state index >= 15 is 0 Å². The molecule has 168 valence electrons. The van der Waals surface area contributed by atoms with Gasteiger partial charge in [-0.25, -0.2) is 0 Å². The summed E-state index contributed by atoms with van der Waals surface area (Å²) in [4.78, 5) is 31.0. The Bertz CT molecular complexity index is 1200. The fraction of sp³-hybridized carbons (Fsp3) is 0.385. The third kappa shape index (κ3) is 4.02. The van der Waals surface area contributed by atoms with Crippen LogP contribution in [0.5, 0.6) is 5.75 Å². The summed E-state index contributed by atoms with van der Waals surface area (Å²) in [6, 6.07) is 12.8. The molecule has 32 heavy (non-hydrogen) atoms. The highest BCUT2D eigenvalue weighted by molar-refractivity contribution is 5.99. The minimum absolute atomic E-state index is 0.133. The Hall–Kier alpha value is -3.12. The molecule has 0 saturated carbocycles. The lowest BCUT2D eigenvalue weighted by molar-refractivity contribution is 0.0722. The van der Waals surface area contributed by atoms with Gasteiger partial charge in [-0.05, 0) is 75.8 Å². The number of carbonyl (C=O) groups is 1. The van der Waals surface area contributed by atoms with Crippen molar-refractivity contribution in [1.82, 2.24) is 9.80 Å². The number of aryl methyl sites for hydroxylation is 1. The highest BCUT2D eigenvalue weighted by atomic mass is 16.5. The van der Waals surface area contributed by atoms with Crippen molar-refractivity contribution in [2.75, 3.05) is 33.8 Å². The Morgan fingerprint density at radius 1 is 1.09 bits per heavy atom. The molecule has 6 heteroatoms. The quantitative estimate of drug-likeness (QED) is 0.530. The first-order chi connectivity index (χ1) is 15.4. The van der Waals surface area contributed by atoms with Gasteiger partial charge in [0.25, 0.3) is 5.91 Å². The van der Waals surface area contributed by atoms with Crippen LogP contribution in [0, 0.1) is 0 Å². The summed E-state index contributed by atoms with van der Waals surface area (Å²) in [5.41, 5.74) is 2.66. The summed E-state index contributed by atoms with van der Waals surface area (Å²) in [7, 11) is 4.01. The van der Waals surface area contributed by atoms with E-state index in [1.807, 2.05) is 64.3 Å². The molecule has 0 saturated heterocycles. The van der Waals surface area contributed by atoms with Gasteiger partial charge in [-0.2, -0.15) is 0 Å². The number of benzene rings is 2. The molecule has 0 N–H and O–H groups in total. The monoisotopic (exact) mass is 434 g/mol. The maximum atomic E-state index is 13.7. The molecular weight excluding hydrogens is 404 g/mol. The number of ether oxygens (including phenoxy) is 1. The first kappa shape index (κ1) is 22.1. The second-order valence-corrected chi connectivity index (χ2v) is 8.42. The molecule has 0 spiro atoms. The second-order valence-electron chi connectivity index (χ2n) is 8.42. The number of hydrogen-bond acceptors (Lipinski definition) is 5. The number of rotatable bonds is 8. The fourth-order valence-electron chi connectivity index (χ4n) is 4.36. The van der Waals surface area contributed by atoms with E-state index < -0.39 is 6.04 Å². The first-order valence-corrected chi connectivity index (χ1v) is 11.2. The fourth-order valence-corrected chi connectivity index (χ4v) is 4.36. The molecule has 1 aliphatic heterocycles. The van der Waals surface area contributed by atoms with Crippen molar-refractivity contribution < 1.29 is 13.9 Å². The second kappa shape index (κ2) is 9.17. The Labute approximate surface area is 188 Å². The summed E-state index contributed by atoms with van der Waals surface area (Å²) in [5.74, 6) is 0.644. The van der Waals surface area contributed by atoms with Crippen LogP contribution >= 0.6 is 0 Å². The molecule has 0 fully saturated rings. The SMILES string of the molecule is CCOc1cccc(C2c3c(oc4ccc(CC)cc4c3=O)C(=O)N2CCCN(C)C)c1. The van der Waals surface area contributed by atoms with Crippen molar-refractivity contribution in [3.63, 3.8) is 0 Å². The summed E-state index contributed by atoms with van der Waals surface area (Å²) in [5, 5.41) is 0.525. The third-order valence-corrected chi connectivity index (χ3v) is 5.93. The van der Waals surface area contributed by atoms with Crippen LogP contribution in [0.2, 0.25) is 0 Å². The molecule has 1 aromatic heterocycles. The Balaban J connectivity index is 1.87. The van der Waals surface area contributed by atoms with E-state index in [-0.39, 0.29) is 17.1 Å². The molecule has 1 amide bonds. The largest absolute Gasteiger partial charge is 0.494 e. The number of nitrogens with zero attached hydrogens (tertiary/aromatic N) is 2. The van der Waals surface area contributed by atoms with Crippen molar-refractivity contribution >= 4 is 16.9 Å². The topological polar surface area (TPSA) is 63.0 Å². The highest BCUT2D eigenvalue weighted by Crippen LogP contribution is 2.39. The van der Waals surface area contributed by atoms with Crippen molar-refractivity contribution in [1.29, 1.82) is 0 Å². The minimum Gasteiger partial charge on any atom is -0.494 e. The zero-order valence-electron chi connectivity index (χ0n) is 19.2. The van der Waals surface area contributed by atoms with Crippen LogP contribution in [-0.2, 0) is 6.42 Å². The maximum absolute atomic E-state index is 13.7. The average molecular weight is 435 g/mol. The molecule has 0 aliphatic carbocycles. The number of hydrogen-bond donors (Lipinski definition) is 0. The van der Waals surface area contributed by atoms with Gasteiger partial charge in [0.1, 0.15) is 11.3 Å². The normalized spacial score (nSPS) is 15.6. The predicted molar refractivity (Wildman–Crippen MR) is 126 cm³/mol. The molecule has 0 bridgehead atoms. The highest BCUT2D eigenvalue weighted by Gasteiger charge is 2.42. The number of amides is 1. The van der Waals surface area contributed by atoms with Crippen molar-refractivity contribution in [2.45, 2.75) is 32.7 Å². The van der Waals surface area contributed by atoms with Gasteiger partial charge in [0, 0.05) is 6.54 Å². The van der Waals surface area contributed by atoms with E-state index in [1.165, 1.54) is 0 Å². The zero-order valence-corrected chi connectivity index (χ0v) is 19.2. The molecule has 2 aromatic carbocycles. The molecule has 1 atom stereocenters. The third-order valence-electron chi connectivity index (χ3n) is 5.93. The predicted octanol–water partition coefficient (Wildman–Crippen LogP) is 4.25. The molecular formula is C26H30N2O4. The van der Waals surface area contributed by atoms with E-state index in [0.717, 1.165) is 36.3 Å². The van der Waals surface area contributed by atoms with Gasteiger partial charge >= 0.3 is 0 Å². The summed E-state index contributed by atoms with van der Waals surface area (Å²) < 4.78 is 11.7. The van der Waals surface area contributed by atoms with Crippen LogP contribution in [0.4, 0.5) is 0 Å². The molecule has 1 unspecified atom stereocenters. The Kier molecular flexibility index (Phi) is 6.33. The van der Waals surface area contributed by atoms with Crippen LogP contribution < -0.4 is 10.2 Å². The number of fused-ring (bicyclic) bond motifs is 2. The van der Waals surface area contributed by atoms with Gasteiger partial charge in [0.05, 0.1) is 23.6 Å². The molecule has 0 radical (unpaired) electrons. The lowest BCUT2D eigenvalue weighted by atomic mass is 9.97. The number of carbonyl (C=O) groups excluding carboxylic acids is 1. The van der Waals surface area contributed by atoms with E-state index in [4.69, 9.17) is 9.15 Å². The lowest BCUT2D eigenvalue weighted by Crippen LogP contribution is -2.32. The average Bonchev–Trinajstić information content (AvgIpc) is 3.06. The van der Waals surface area contributed by atoms with Gasteiger partial charge in [-0.15, -0.1) is 0 Å². The maximum Gasteiger partial charge on any atom is 0.290 e. The standard InChI is InChI=1S/C26H30N2O4/c1-5-17-11-12-21-20(15-17)24(29)22-23(18-9-7-10-19(16-18)31-6-2)28(14-8-13-27(3)4)26(30)25(22)32-21/h7,9-12,15-16,23H,5-6,8,13-14H2,1-4H3. The summed E-state index contributed by atoms with van der Waals surface area (Å²) in [6.45, 7) is 5.90. The van der Waals surface area contributed by atoms with Gasteiger partial charge in [0.2, 0.25) is 5.76 Å². The smallest absolute Gasteiger partial charge is 0.290 e. The van der Waals surface area contributed by atoms with Crippen LogP contribution in [0.15, 0.2) is 51.7 Å². The van der Waals surface area contributed by atoms with E-state index in [1.54, 1.807) is 11.0 Å². The van der Waals surface area contributed by atoms with Gasteiger partial charge in [-0.3, -0.25) is 9.59 Å². The van der Waals surface area contributed by atoms with E-state index in [0.29, 0.717) is 29.7 Å². The molecule has 2 heterocycles. The minimum atomic E-state index is -0.494. The molecule has 3 aromatic rings. The van der Waals surface area contributed by atoms with Crippen LogP contribution in [0.3, 0.4) is 0 Å². The van der Waals surface area contributed by atoms with Crippen LogP contribution in [-0.4, -0.2) is 49.5 Å². The van der Waals surface area contributed by atoms with Crippen LogP contribution in [0.25, 0.3) is 11.0 Å². The summed E-state index contributed by atoms with van der Waals surface area (Å²) in [6.07, 6.45) is 1.62. The van der Waals surface area contributed by atoms with E-state index in [9.17, 15) is 9.59 Å². The molecule has 1 aliphatic rings.